The molecule has 0 aliphatic carbocycles. The van der Waals surface area contributed by atoms with E-state index < -0.39 is 5.60 Å². The molecule has 0 aromatic carbocycles. The number of fused-ring (bicyclic) bond motifs is 1. The molecule has 0 saturated heterocycles. The molecule has 0 bridgehead atoms. The zero-order valence-electron chi connectivity index (χ0n) is 10.8. The number of hydrogen-bond donors (Lipinski definition) is 0. The fourth-order valence-electron chi connectivity index (χ4n) is 1.41. The van der Waals surface area contributed by atoms with Crippen LogP contribution in [-0.4, -0.2) is 27.3 Å². The minimum atomic E-state index is -0.474. The Morgan fingerprint density at radius 2 is 2.21 bits per heavy atom. The van der Waals surface area contributed by atoms with E-state index in [1.165, 1.54) is 23.1 Å². The lowest BCUT2D eigenvalue weighted by Gasteiger charge is -2.19. The number of nitrogens with zero attached hydrogens (tertiary/aromatic N) is 2. The summed E-state index contributed by atoms with van der Waals surface area (Å²) in [6.45, 7) is 5.52. The number of hydrogen-bond acceptors (Lipinski definition) is 6. The third-order valence-corrected chi connectivity index (χ3v) is 3.95. The zero-order chi connectivity index (χ0) is 14.0. The van der Waals surface area contributed by atoms with Gasteiger partial charge in [-0.3, -0.25) is 4.79 Å². The molecule has 2 rings (SSSR count). The third kappa shape index (κ3) is 4.06. The molecule has 4 nitrogen and oxygen atoms in total. The highest BCUT2D eigenvalue weighted by Gasteiger charge is 2.17. The number of aromatic nitrogens is 2. The first-order valence-corrected chi connectivity index (χ1v) is 7.85. The van der Waals surface area contributed by atoms with E-state index in [0.717, 1.165) is 10.2 Å². The summed E-state index contributed by atoms with van der Waals surface area (Å²) in [4.78, 5) is 20.8. The maximum absolute atomic E-state index is 11.7. The van der Waals surface area contributed by atoms with Gasteiger partial charge in [-0.2, -0.15) is 0 Å². The Bertz CT molecular complexity index is 607. The molecule has 7 heteroatoms. The van der Waals surface area contributed by atoms with Gasteiger partial charge in [0.15, 0.2) is 0 Å². The molecule has 0 aliphatic rings. The van der Waals surface area contributed by atoms with Crippen molar-refractivity contribution in [2.45, 2.75) is 31.4 Å². The van der Waals surface area contributed by atoms with Crippen LogP contribution in [0.3, 0.4) is 0 Å². The lowest BCUT2D eigenvalue weighted by molar-refractivity contribution is -0.151. The van der Waals surface area contributed by atoms with Crippen LogP contribution in [0.4, 0.5) is 0 Å². The van der Waals surface area contributed by atoms with E-state index >= 15 is 0 Å². The number of carbonyl (C=O) groups excluding carboxylic acids is 1. The Hall–Kier alpha value is -0.850. The molecular weight excluding hydrogens is 304 g/mol. The molecule has 0 fully saturated rings. The number of esters is 1. The van der Waals surface area contributed by atoms with Crippen LogP contribution >= 0.6 is 34.7 Å². The second kappa shape index (κ2) is 5.64. The van der Waals surface area contributed by atoms with Gasteiger partial charge in [0.25, 0.3) is 0 Å². The fraction of sp³-hybridized carbons (Fsp3) is 0.417. The highest BCUT2D eigenvalue weighted by atomic mass is 35.5. The van der Waals surface area contributed by atoms with Crippen molar-refractivity contribution in [1.29, 1.82) is 0 Å². The molecule has 0 atom stereocenters. The zero-order valence-corrected chi connectivity index (χ0v) is 13.2. The number of carbonyl (C=O) groups is 1. The highest BCUT2D eigenvalue weighted by Crippen LogP contribution is 2.29. The van der Waals surface area contributed by atoms with Gasteiger partial charge >= 0.3 is 5.97 Å². The standard InChI is InChI=1S/C12H13ClN2O2S2/c1-12(2,3)17-8(16)6-19-10-7-4-5-18-9(7)14-11(13)15-10/h4-5H,6H2,1-3H3. The third-order valence-electron chi connectivity index (χ3n) is 2.01. The Balaban J connectivity index is 2.09. The summed E-state index contributed by atoms with van der Waals surface area (Å²) in [6.07, 6.45) is 0. The monoisotopic (exact) mass is 316 g/mol. The van der Waals surface area contributed by atoms with Crippen molar-refractivity contribution in [2.75, 3.05) is 5.75 Å². The molecule has 2 heterocycles. The molecule has 0 spiro atoms. The van der Waals surface area contributed by atoms with E-state index in [0.29, 0.717) is 5.03 Å². The molecule has 0 N–H and O–H groups in total. The maximum Gasteiger partial charge on any atom is 0.316 e. The van der Waals surface area contributed by atoms with Crippen LogP contribution in [0.25, 0.3) is 10.2 Å². The van der Waals surface area contributed by atoms with E-state index in [1.807, 2.05) is 32.2 Å². The minimum absolute atomic E-state index is 0.196. The molecule has 2 aromatic rings. The summed E-state index contributed by atoms with van der Waals surface area (Å²) in [5.41, 5.74) is -0.474. The molecule has 0 aliphatic heterocycles. The van der Waals surface area contributed by atoms with E-state index in [2.05, 4.69) is 9.97 Å². The number of thiophene rings is 1. The van der Waals surface area contributed by atoms with Gasteiger partial charge in [-0.1, -0.05) is 11.8 Å². The van der Waals surface area contributed by atoms with E-state index in [-0.39, 0.29) is 17.0 Å². The summed E-state index contributed by atoms with van der Waals surface area (Å²) >= 11 is 8.67. The topological polar surface area (TPSA) is 52.1 Å². The normalized spacial score (nSPS) is 11.8. The quantitative estimate of drug-likeness (QED) is 0.373. The van der Waals surface area contributed by atoms with Crippen molar-refractivity contribution in [3.63, 3.8) is 0 Å². The molecule has 0 radical (unpaired) electrons. The number of halogens is 1. The van der Waals surface area contributed by atoms with Crippen LogP contribution in [0, 0.1) is 0 Å². The van der Waals surface area contributed by atoms with Crippen molar-refractivity contribution in [3.05, 3.63) is 16.7 Å². The number of rotatable bonds is 3. The van der Waals surface area contributed by atoms with Crippen LogP contribution in [0.15, 0.2) is 16.5 Å². The molecule has 19 heavy (non-hydrogen) atoms. The van der Waals surface area contributed by atoms with Crippen molar-refractivity contribution in [1.82, 2.24) is 9.97 Å². The van der Waals surface area contributed by atoms with E-state index in [1.54, 1.807) is 0 Å². The van der Waals surface area contributed by atoms with Gasteiger partial charge in [0.05, 0.1) is 5.75 Å². The molecule has 0 unspecified atom stereocenters. The highest BCUT2D eigenvalue weighted by molar-refractivity contribution is 8.00. The van der Waals surface area contributed by atoms with Crippen molar-refractivity contribution in [2.24, 2.45) is 0 Å². The molecule has 0 amide bonds. The van der Waals surface area contributed by atoms with Crippen LogP contribution in [0.2, 0.25) is 5.28 Å². The Morgan fingerprint density at radius 3 is 2.89 bits per heavy atom. The first-order chi connectivity index (χ1) is 8.85. The van der Waals surface area contributed by atoms with Gasteiger partial charge in [-0.25, -0.2) is 9.97 Å². The first kappa shape index (κ1) is 14.6. The second-order valence-corrected chi connectivity index (χ2v) is 7.01. The first-order valence-electron chi connectivity index (χ1n) is 5.60. The van der Waals surface area contributed by atoms with Crippen molar-refractivity contribution in [3.8, 4) is 0 Å². The summed E-state index contributed by atoms with van der Waals surface area (Å²) in [6, 6.07) is 1.92. The van der Waals surface area contributed by atoms with Gasteiger partial charge in [-0.15, -0.1) is 11.3 Å². The smallest absolute Gasteiger partial charge is 0.316 e. The van der Waals surface area contributed by atoms with Gasteiger partial charge in [0, 0.05) is 5.39 Å². The van der Waals surface area contributed by atoms with Gasteiger partial charge in [0.1, 0.15) is 15.5 Å². The second-order valence-electron chi connectivity index (χ2n) is 4.81. The van der Waals surface area contributed by atoms with Crippen LogP contribution in [0.5, 0.6) is 0 Å². The van der Waals surface area contributed by atoms with E-state index in [9.17, 15) is 4.79 Å². The average molecular weight is 317 g/mol. The molecule has 102 valence electrons. The summed E-state index contributed by atoms with van der Waals surface area (Å²) in [5, 5.41) is 3.75. The fourth-order valence-corrected chi connectivity index (χ4v) is 3.29. The van der Waals surface area contributed by atoms with Crippen molar-refractivity contribution >= 4 is 50.9 Å². The molecule has 0 saturated carbocycles. The minimum Gasteiger partial charge on any atom is -0.459 e. The maximum atomic E-state index is 11.7. The number of thioether (sulfide) groups is 1. The lowest BCUT2D eigenvalue weighted by atomic mass is 10.2. The lowest BCUT2D eigenvalue weighted by Crippen LogP contribution is -2.24. The van der Waals surface area contributed by atoms with Gasteiger partial charge < -0.3 is 4.74 Å². The van der Waals surface area contributed by atoms with Gasteiger partial charge in [-0.05, 0) is 43.8 Å². The van der Waals surface area contributed by atoms with Crippen LogP contribution in [-0.2, 0) is 9.53 Å². The SMILES string of the molecule is CC(C)(C)OC(=O)CSc1nc(Cl)nc2sccc12. The Labute approximate surface area is 124 Å². The summed E-state index contributed by atoms with van der Waals surface area (Å²) < 4.78 is 5.25. The summed E-state index contributed by atoms with van der Waals surface area (Å²) in [7, 11) is 0. The Kier molecular flexibility index (Phi) is 4.32. The molecule has 2 aromatic heterocycles. The summed E-state index contributed by atoms with van der Waals surface area (Å²) in [5.74, 6) is -0.0640. The average Bonchev–Trinajstić information content (AvgIpc) is 2.71. The predicted octanol–water partition coefficient (Wildman–Crippen LogP) is 3.78. The Morgan fingerprint density at radius 1 is 1.47 bits per heavy atom. The van der Waals surface area contributed by atoms with E-state index in [4.69, 9.17) is 16.3 Å². The predicted molar refractivity (Wildman–Crippen MR) is 79.0 cm³/mol. The largest absolute Gasteiger partial charge is 0.459 e. The van der Waals surface area contributed by atoms with Gasteiger partial charge in [0.2, 0.25) is 5.28 Å². The van der Waals surface area contributed by atoms with Crippen LogP contribution < -0.4 is 0 Å². The van der Waals surface area contributed by atoms with Crippen LogP contribution in [0.1, 0.15) is 20.8 Å². The van der Waals surface area contributed by atoms with Crippen molar-refractivity contribution < 1.29 is 9.53 Å². The molecular formula is C12H13ClN2O2S2. The number of ether oxygens (including phenoxy) is 1.